The number of aliphatic imine (C=N–C) groups is 1. The van der Waals surface area contributed by atoms with Crippen LogP contribution < -0.4 is 5.32 Å². The van der Waals surface area contributed by atoms with Gasteiger partial charge < -0.3 is 15.1 Å². The summed E-state index contributed by atoms with van der Waals surface area (Å²) in [4.78, 5) is 9.12. The van der Waals surface area contributed by atoms with E-state index in [1.165, 1.54) is 11.1 Å². The third-order valence-electron chi connectivity index (χ3n) is 4.27. The average molecular weight is 288 g/mol. The van der Waals surface area contributed by atoms with Crippen molar-refractivity contribution in [2.75, 3.05) is 33.7 Å². The monoisotopic (exact) mass is 288 g/mol. The lowest BCUT2D eigenvalue weighted by molar-refractivity contribution is 0.275. The lowest BCUT2D eigenvalue weighted by Crippen LogP contribution is -2.46. The van der Waals surface area contributed by atoms with Crippen LogP contribution in [-0.4, -0.2) is 55.5 Å². The fraction of sp³-hybridized carbons (Fsp3) is 0.588. The Bertz CT molecular complexity index is 481. The minimum Gasteiger partial charge on any atom is -0.355 e. The zero-order valence-electron chi connectivity index (χ0n) is 13.8. The summed E-state index contributed by atoms with van der Waals surface area (Å²) in [5, 5.41) is 3.49. The molecule has 0 unspecified atom stereocenters. The van der Waals surface area contributed by atoms with Crippen LogP contribution in [0.15, 0.2) is 29.3 Å². The Morgan fingerprint density at radius 2 is 2.05 bits per heavy atom. The van der Waals surface area contributed by atoms with Gasteiger partial charge in [0.15, 0.2) is 5.96 Å². The van der Waals surface area contributed by atoms with E-state index < -0.39 is 0 Å². The van der Waals surface area contributed by atoms with Gasteiger partial charge in [0.05, 0.1) is 0 Å². The van der Waals surface area contributed by atoms with E-state index in [2.05, 4.69) is 65.3 Å². The molecular formula is C17H28N4. The minimum atomic E-state index is 0.579. The van der Waals surface area contributed by atoms with Crippen molar-refractivity contribution in [3.05, 3.63) is 35.4 Å². The number of nitrogens with zero attached hydrogens (tertiary/aromatic N) is 3. The van der Waals surface area contributed by atoms with E-state index in [4.69, 9.17) is 0 Å². The lowest BCUT2D eigenvalue weighted by Gasteiger charge is -2.32. The standard InChI is InChI=1S/C17H28N4/c1-14(2)20(4)12-10-19-17(18-3)21-11-9-15-7-5-6-8-16(15)13-21/h5-8,14H,9-13H2,1-4H3,(H,18,19). The highest BCUT2D eigenvalue weighted by molar-refractivity contribution is 5.80. The molecule has 21 heavy (non-hydrogen) atoms. The normalized spacial score (nSPS) is 15.5. The fourth-order valence-corrected chi connectivity index (χ4v) is 2.61. The maximum absolute atomic E-state index is 4.44. The van der Waals surface area contributed by atoms with Crippen LogP contribution in [0.4, 0.5) is 0 Å². The SMILES string of the molecule is CN=C(NCCN(C)C(C)C)N1CCc2ccccc2C1. The van der Waals surface area contributed by atoms with Crippen molar-refractivity contribution in [3.8, 4) is 0 Å². The summed E-state index contributed by atoms with van der Waals surface area (Å²) in [5.74, 6) is 1.02. The van der Waals surface area contributed by atoms with Crippen molar-refractivity contribution in [3.63, 3.8) is 0 Å². The van der Waals surface area contributed by atoms with Gasteiger partial charge in [0.25, 0.3) is 0 Å². The molecule has 0 fully saturated rings. The molecule has 0 radical (unpaired) electrons. The Hall–Kier alpha value is -1.55. The molecule has 1 aliphatic rings. The van der Waals surface area contributed by atoms with Crippen molar-refractivity contribution < 1.29 is 0 Å². The third-order valence-corrected chi connectivity index (χ3v) is 4.27. The van der Waals surface area contributed by atoms with Crippen LogP contribution in [0.1, 0.15) is 25.0 Å². The second-order valence-corrected chi connectivity index (χ2v) is 5.99. The van der Waals surface area contributed by atoms with E-state index in [9.17, 15) is 0 Å². The molecule has 116 valence electrons. The molecule has 0 aromatic heterocycles. The molecule has 0 aliphatic carbocycles. The molecule has 0 spiro atoms. The predicted molar refractivity (Wildman–Crippen MR) is 89.7 cm³/mol. The van der Waals surface area contributed by atoms with Crippen LogP contribution in [0.2, 0.25) is 0 Å². The van der Waals surface area contributed by atoms with Crippen molar-refractivity contribution in [2.24, 2.45) is 4.99 Å². The van der Waals surface area contributed by atoms with Gasteiger partial charge in [0, 0.05) is 39.3 Å². The maximum atomic E-state index is 4.44. The van der Waals surface area contributed by atoms with Crippen LogP contribution >= 0.6 is 0 Å². The summed E-state index contributed by atoms with van der Waals surface area (Å²) in [7, 11) is 4.03. The van der Waals surface area contributed by atoms with Gasteiger partial charge in [0.1, 0.15) is 0 Å². The van der Waals surface area contributed by atoms with E-state index >= 15 is 0 Å². The number of rotatable bonds is 4. The Labute approximate surface area is 128 Å². The zero-order chi connectivity index (χ0) is 15.2. The Balaban J connectivity index is 1.88. The molecule has 0 saturated carbocycles. The molecule has 4 heteroatoms. The Morgan fingerprint density at radius 3 is 2.71 bits per heavy atom. The zero-order valence-corrected chi connectivity index (χ0v) is 13.8. The molecule has 0 amide bonds. The number of guanidine groups is 1. The first-order chi connectivity index (χ1) is 10.1. The van der Waals surface area contributed by atoms with Crippen LogP contribution in [0.5, 0.6) is 0 Å². The lowest BCUT2D eigenvalue weighted by atomic mass is 10.0. The fourth-order valence-electron chi connectivity index (χ4n) is 2.61. The van der Waals surface area contributed by atoms with Gasteiger partial charge in [-0.25, -0.2) is 0 Å². The van der Waals surface area contributed by atoms with Crippen LogP contribution in [-0.2, 0) is 13.0 Å². The van der Waals surface area contributed by atoms with E-state index in [-0.39, 0.29) is 0 Å². The number of nitrogens with one attached hydrogen (secondary N) is 1. The van der Waals surface area contributed by atoms with Gasteiger partial charge in [-0.1, -0.05) is 24.3 Å². The smallest absolute Gasteiger partial charge is 0.194 e. The molecule has 0 bridgehead atoms. The summed E-state index contributed by atoms with van der Waals surface area (Å²) >= 11 is 0. The Kier molecular flexibility index (Phi) is 5.62. The number of fused-ring (bicyclic) bond motifs is 1. The highest BCUT2D eigenvalue weighted by Gasteiger charge is 2.18. The molecule has 1 aromatic carbocycles. The predicted octanol–water partition coefficient (Wildman–Crippen LogP) is 1.96. The van der Waals surface area contributed by atoms with Crippen molar-refractivity contribution in [2.45, 2.75) is 32.9 Å². The first kappa shape index (κ1) is 15.8. The minimum absolute atomic E-state index is 0.579. The quantitative estimate of drug-likeness (QED) is 0.679. The van der Waals surface area contributed by atoms with E-state index in [0.29, 0.717) is 6.04 Å². The first-order valence-corrected chi connectivity index (χ1v) is 7.84. The van der Waals surface area contributed by atoms with E-state index in [1.807, 2.05) is 7.05 Å². The van der Waals surface area contributed by atoms with Gasteiger partial charge in [-0.2, -0.15) is 0 Å². The molecule has 1 N–H and O–H groups in total. The second-order valence-electron chi connectivity index (χ2n) is 5.99. The number of benzene rings is 1. The van der Waals surface area contributed by atoms with Crippen molar-refractivity contribution in [1.29, 1.82) is 0 Å². The molecule has 2 rings (SSSR count). The number of hydrogen-bond donors (Lipinski definition) is 1. The Morgan fingerprint density at radius 1 is 1.33 bits per heavy atom. The average Bonchev–Trinajstić information content (AvgIpc) is 2.50. The van der Waals surface area contributed by atoms with Crippen LogP contribution in [0, 0.1) is 0 Å². The van der Waals surface area contributed by atoms with Crippen molar-refractivity contribution >= 4 is 5.96 Å². The molecule has 0 saturated heterocycles. The van der Waals surface area contributed by atoms with E-state index in [1.54, 1.807) is 0 Å². The third kappa shape index (κ3) is 4.21. The summed E-state index contributed by atoms with van der Waals surface area (Å²) in [5.41, 5.74) is 2.90. The number of likely N-dealkylation sites (N-methyl/N-ethyl adjacent to an activating group) is 1. The van der Waals surface area contributed by atoms with Crippen LogP contribution in [0.3, 0.4) is 0 Å². The molecule has 4 nitrogen and oxygen atoms in total. The van der Waals surface area contributed by atoms with Gasteiger partial charge in [-0.15, -0.1) is 0 Å². The van der Waals surface area contributed by atoms with Crippen molar-refractivity contribution in [1.82, 2.24) is 15.1 Å². The molecule has 0 atom stereocenters. The summed E-state index contributed by atoms with van der Waals surface area (Å²) in [6.45, 7) is 8.39. The first-order valence-electron chi connectivity index (χ1n) is 7.84. The number of hydrogen-bond acceptors (Lipinski definition) is 2. The van der Waals surface area contributed by atoms with Gasteiger partial charge in [0.2, 0.25) is 0 Å². The van der Waals surface area contributed by atoms with Gasteiger partial charge in [-0.3, -0.25) is 4.99 Å². The molecule has 1 aromatic rings. The van der Waals surface area contributed by atoms with Gasteiger partial charge in [-0.05, 0) is 38.4 Å². The molecule has 1 aliphatic heterocycles. The van der Waals surface area contributed by atoms with E-state index in [0.717, 1.165) is 38.6 Å². The van der Waals surface area contributed by atoms with Crippen LogP contribution in [0.25, 0.3) is 0 Å². The molecule has 1 heterocycles. The summed E-state index contributed by atoms with van der Waals surface area (Å²) in [6.07, 6.45) is 1.10. The topological polar surface area (TPSA) is 30.9 Å². The maximum Gasteiger partial charge on any atom is 0.194 e. The highest BCUT2D eigenvalue weighted by atomic mass is 15.3. The summed E-state index contributed by atoms with van der Waals surface area (Å²) in [6, 6.07) is 9.29. The highest BCUT2D eigenvalue weighted by Crippen LogP contribution is 2.18. The largest absolute Gasteiger partial charge is 0.355 e. The summed E-state index contributed by atoms with van der Waals surface area (Å²) < 4.78 is 0. The van der Waals surface area contributed by atoms with Gasteiger partial charge >= 0.3 is 0 Å². The second kappa shape index (κ2) is 7.46. The molecular weight excluding hydrogens is 260 g/mol.